The van der Waals surface area contributed by atoms with Gasteiger partial charge in [0.1, 0.15) is 0 Å². The highest BCUT2D eigenvalue weighted by atomic mass is 32.2. The highest BCUT2D eigenvalue weighted by Gasteiger charge is 2.10. The van der Waals surface area contributed by atoms with Crippen molar-refractivity contribution in [2.75, 3.05) is 5.73 Å². The van der Waals surface area contributed by atoms with Gasteiger partial charge in [-0.2, -0.15) is 4.98 Å². The van der Waals surface area contributed by atoms with Gasteiger partial charge in [0.25, 0.3) is 5.89 Å². The van der Waals surface area contributed by atoms with E-state index >= 15 is 0 Å². The summed E-state index contributed by atoms with van der Waals surface area (Å²) in [6, 6.07) is 9.84. The monoisotopic (exact) mass is 303 g/mol. The lowest BCUT2D eigenvalue weighted by Crippen LogP contribution is -1.89. The largest absolute Gasteiger partial charge is 0.399 e. The van der Waals surface area contributed by atoms with Crippen molar-refractivity contribution in [3.05, 3.63) is 47.1 Å². The van der Waals surface area contributed by atoms with Crippen LogP contribution >= 0.6 is 23.1 Å². The molecule has 0 saturated carbocycles. The number of aryl methyl sites for hydroxylation is 1. The molecule has 2 heterocycles. The van der Waals surface area contributed by atoms with Crippen molar-refractivity contribution in [2.45, 2.75) is 17.6 Å². The third kappa shape index (κ3) is 2.86. The van der Waals surface area contributed by atoms with Crippen molar-refractivity contribution < 1.29 is 4.52 Å². The van der Waals surface area contributed by atoms with E-state index in [-0.39, 0.29) is 0 Å². The molecule has 20 heavy (non-hydrogen) atoms. The molecule has 0 amide bonds. The molecule has 0 aliphatic rings. The number of nitrogen functional groups attached to an aromatic ring is 1. The standard InChI is InChI=1S/C14H13N3OS2/c1-9-7-10(15)4-5-11(9)20-8-13-16-14(18-17-13)12-3-2-6-19-12/h2-7H,8,15H2,1H3. The molecule has 4 nitrogen and oxygen atoms in total. The van der Waals surface area contributed by atoms with E-state index in [2.05, 4.69) is 10.1 Å². The maximum atomic E-state index is 5.74. The fourth-order valence-electron chi connectivity index (χ4n) is 1.79. The lowest BCUT2D eigenvalue weighted by atomic mass is 10.2. The molecule has 102 valence electrons. The number of hydrogen-bond acceptors (Lipinski definition) is 6. The van der Waals surface area contributed by atoms with Crippen molar-refractivity contribution in [1.29, 1.82) is 0 Å². The third-order valence-electron chi connectivity index (χ3n) is 2.76. The lowest BCUT2D eigenvalue weighted by Gasteiger charge is -2.04. The number of rotatable bonds is 4. The van der Waals surface area contributed by atoms with E-state index in [0.717, 1.165) is 16.1 Å². The summed E-state index contributed by atoms with van der Waals surface area (Å²) in [7, 11) is 0. The molecule has 3 rings (SSSR count). The molecule has 6 heteroatoms. The summed E-state index contributed by atoms with van der Waals surface area (Å²) in [6.45, 7) is 2.05. The Kier molecular flexibility index (Phi) is 3.75. The highest BCUT2D eigenvalue weighted by molar-refractivity contribution is 7.98. The number of nitrogens with zero attached hydrogens (tertiary/aromatic N) is 2. The zero-order valence-corrected chi connectivity index (χ0v) is 12.5. The van der Waals surface area contributed by atoms with Gasteiger partial charge >= 0.3 is 0 Å². The molecule has 0 atom stereocenters. The zero-order valence-electron chi connectivity index (χ0n) is 10.9. The Balaban J connectivity index is 1.70. The van der Waals surface area contributed by atoms with Crippen LogP contribution in [0.25, 0.3) is 10.8 Å². The zero-order chi connectivity index (χ0) is 13.9. The molecule has 2 N–H and O–H groups in total. The molecule has 0 bridgehead atoms. The van der Waals surface area contributed by atoms with Crippen LogP contribution < -0.4 is 5.73 Å². The summed E-state index contributed by atoms with van der Waals surface area (Å²) in [5.41, 5.74) is 7.69. The first-order chi connectivity index (χ1) is 9.72. The van der Waals surface area contributed by atoms with E-state index in [4.69, 9.17) is 10.3 Å². The van der Waals surface area contributed by atoms with Crippen LogP contribution in [-0.4, -0.2) is 10.1 Å². The van der Waals surface area contributed by atoms with Crippen LogP contribution in [0, 0.1) is 6.92 Å². The molecule has 1 aromatic carbocycles. The molecule has 2 aromatic heterocycles. The van der Waals surface area contributed by atoms with Crippen molar-refractivity contribution in [1.82, 2.24) is 10.1 Å². The molecular formula is C14H13N3OS2. The second-order valence-corrected chi connectivity index (χ2v) is 6.27. The van der Waals surface area contributed by atoms with Gasteiger partial charge in [0.15, 0.2) is 5.82 Å². The summed E-state index contributed by atoms with van der Waals surface area (Å²) >= 11 is 3.27. The van der Waals surface area contributed by atoms with Gasteiger partial charge in [-0.3, -0.25) is 0 Å². The van der Waals surface area contributed by atoms with Gasteiger partial charge in [0, 0.05) is 10.6 Å². The molecule has 3 aromatic rings. The van der Waals surface area contributed by atoms with Gasteiger partial charge in [-0.1, -0.05) is 11.2 Å². The normalized spacial score (nSPS) is 10.8. The first kappa shape index (κ1) is 13.2. The number of anilines is 1. The van der Waals surface area contributed by atoms with Crippen molar-refractivity contribution in [3.8, 4) is 10.8 Å². The summed E-state index contributed by atoms with van der Waals surface area (Å²) < 4.78 is 5.26. The third-order valence-corrected chi connectivity index (χ3v) is 4.79. The van der Waals surface area contributed by atoms with Crippen molar-refractivity contribution in [2.24, 2.45) is 0 Å². The summed E-state index contributed by atoms with van der Waals surface area (Å²) in [6.07, 6.45) is 0. The molecule has 0 saturated heterocycles. The SMILES string of the molecule is Cc1cc(N)ccc1SCc1noc(-c2cccs2)n1. The van der Waals surface area contributed by atoms with Crippen LogP contribution in [0.1, 0.15) is 11.4 Å². The molecule has 0 aliphatic heterocycles. The van der Waals surface area contributed by atoms with Crippen LogP contribution in [0.5, 0.6) is 0 Å². The summed E-state index contributed by atoms with van der Waals surface area (Å²) in [4.78, 5) is 6.58. The topological polar surface area (TPSA) is 64.9 Å². The van der Waals surface area contributed by atoms with Crippen LogP contribution in [0.15, 0.2) is 45.1 Å². The van der Waals surface area contributed by atoms with Crippen LogP contribution in [0.4, 0.5) is 5.69 Å². The fourth-order valence-corrected chi connectivity index (χ4v) is 3.29. The summed E-state index contributed by atoms with van der Waals surface area (Å²) in [5, 5.41) is 6.00. The minimum absolute atomic E-state index is 0.588. The molecule has 0 fully saturated rings. The number of aromatic nitrogens is 2. The second-order valence-electron chi connectivity index (χ2n) is 4.31. The molecule has 0 radical (unpaired) electrons. The Hall–Kier alpha value is -1.79. The van der Waals surface area contributed by atoms with Crippen LogP contribution in [0.3, 0.4) is 0 Å². The predicted octanol–water partition coefficient (Wildman–Crippen LogP) is 3.98. The maximum Gasteiger partial charge on any atom is 0.268 e. The smallest absolute Gasteiger partial charge is 0.268 e. The molecule has 0 spiro atoms. The maximum absolute atomic E-state index is 5.74. The minimum Gasteiger partial charge on any atom is -0.399 e. The number of thioether (sulfide) groups is 1. The number of hydrogen-bond donors (Lipinski definition) is 1. The van der Waals surface area contributed by atoms with Gasteiger partial charge in [-0.15, -0.1) is 23.1 Å². The second kappa shape index (κ2) is 5.68. The molecule has 0 aliphatic carbocycles. The van der Waals surface area contributed by atoms with E-state index in [1.807, 2.05) is 42.6 Å². The van der Waals surface area contributed by atoms with E-state index < -0.39 is 0 Å². The van der Waals surface area contributed by atoms with Gasteiger partial charge in [0.05, 0.1) is 10.6 Å². The Morgan fingerprint density at radius 3 is 3.00 bits per heavy atom. The Labute approximate surface area is 125 Å². The Morgan fingerprint density at radius 2 is 2.25 bits per heavy atom. The van der Waals surface area contributed by atoms with Gasteiger partial charge < -0.3 is 10.3 Å². The number of benzene rings is 1. The average Bonchev–Trinajstić information content (AvgIpc) is 3.08. The average molecular weight is 303 g/mol. The Morgan fingerprint density at radius 1 is 1.35 bits per heavy atom. The van der Waals surface area contributed by atoms with E-state index in [1.54, 1.807) is 23.1 Å². The van der Waals surface area contributed by atoms with Gasteiger partial charge in [0.2, 0.25) is 0 Å². The van der Waals surface area contributed by atoms with Crippen molar-refractivity contribution >= 4 is 28.8 Å². The lowest BCUT2D eigenvalue weighted by molar-refractivity contribution is 0.426. The van der Waals surface area contributed by atoms with E-state index in [9.17, 15) is 0 Å². The fraction of sp³-hybridized carbons (Fsp3) is 0.143. The first-order valence-corrected chi connectivity index (χ1v) is 7.94. The van der Waals surface area contributed by atoms with Gasteiger partial charge in [-0.05, 0) is 42.1 Å². The first-order valence-electron chi connectivity index (χ1n) is 6.08. The predicted molar refractivity (Wildman–Crippen MR) is 82.8 cm³/mol. The van der Waals surface area contributed by atoms with Crippen LogP contribution in [-0.2, 0) is 5.75 Å². The number of nitrogens with two attached hydrogens (primary N) is 1. The number of thiophene rings is 1. The minimum atomic E-state index is 0.588. The molecule has 0 unspecified atom stereocenters. The van der Waals surface area contributed by atoms with Crippen molar-refractivity contribution in [3.63, 3.8) is 0 Å². The van der Waals surface area contributed by atoms with Crippen LogP contribution in [0.2, 0.25) is 0 Å². The highest BCUT2D eigenvalue weighted by Crippen LogP contribution is 2.28. The van der Waals surface area contributed by atoms with E-state index in [0.29, 0.717) is 17.5 Å². The van der Waals surface area contributed by atoms with Gasteiger partial charge in [-0.25, -0.2) is 0 Å². The Bertz CT molecular complexity index is 707. The summed E-state index contributed by atoms with van der Waals surface area (Å²) in [5.74, 6) is 1.97. The quantitative estimate of drug-likeness (QED) is 0.583. The van der Waals surface area contributed by atoms with E-state index in [1.165, 1.54) is 4.90 Å². The molecular weight excluding hydrogens is 290 g/mol.